The minimum Gasteiger partial charge on any atom is -0.493 e. The van der Waals surface area contributed by atoms with Gasteiger partial charge in [-0.2, -0.15) is 0 Å². The molecule has 0 spiro atoms. The minimum atomic E-state index is -0.515. The minimum absolute atomic E-state index is 0.168. The number of carbonyl (C=O) groups is 1. The van der Waals surface area contributed by atoms with Crippen molar-refractivity contribution in [3.8, 4) is 11.5 Å². The highest BCUT2D eigenvalue weighted by atomic mass is 32.1. The molecule has 3 N–H and O–H groups in total. The number of nitrogens with one attached hydrogen (secondary N) is 1. The molecule has 0 bridgehead atoms. The van der Waals surface area contributed by atoms with Crippen molar-refractivity contribution in [2.24, 2.45) is 5.73 Å². The Labute approximate surface area is 127 Å². The van der Waals surface area contributed by atoms with Crippen molar-refractivity contribution in [1.29, 1.82) is 0 Å². The molecule has 0 atom stereocenters. The molecule has 0 unspecified atom stereocenters. The van der Waals surface area contributed by atoms with Crippen molar-refractivity contribution < 1.29 is 14.3 Å². The van der Waals surface area contributed by atoms with E-state index in [1.807, 2.05) is 23.6 Å². The molecule has 112 valence electrons. The number of para-hydroxylation sites is 1. The number of thiophene rings is 1. The van der Waals surface area contributed by atoms with Crippen molar-refractivity contribution in [3.05, 3.63) is 46.2 Å². The summed E-state index contributed by atoms with van der Waals surface area (Å²) >= 11 is 1.70. The van der Waals surface area contributed by atoms with Gasteiger partial charge in [0.05, 0.1) is 7.11 Å². The van der Waals surface area contributed by atoms with Gasteiger partial charge in [-0.15, -0.1) is 11.3 Å². The van der Waals surface area contributed by atoms with Gasteiger partial charge < -0.3 is 20.5 Å². The van der Waals surface area contributed by atoms with Crippen LogP contribution in [0.15, 0.2) is 35.7 Å². The van der Waals surface area contributed by atoms with Crippen molar-refractivity contribution in [2.45, 2.75) is 13.1 Å². The maximum absolute atomic E-state index is 10.9. The maximum Gasteiger partial charge on any atom is 0.255 e. The van der Waals surface area contributed by atoms with Crippen LogP contribution in [0, 0.1) is 0 Å². The van der Waals surface area contributed by atoms with Crippen LogP contribution < -0.4 is 20.5 Å². The number of methoxy groups -OCH3 is 1. The van der Waals surface area contributed by atoms with Gasteiger partial charge in [-0.3, -0.25) is 4.79 Å². The van der Waals surface area contributed by atoms with Crippen molar-refractivity contribution in [3.63, 3.8) is 0 Å². The SMILES string of the molecule is COc1cccc(CNCc2cccs2)c1OCC(N)=O. The van der Waals surface area contributed by atoms with Crippen LogP contribution in [0.1, 0.15) is 10.4 Å². The largest absolute Gasteiger partial charge is 0.493 e. The van der Waals surface area contributed by atoms with Gasteiger partial charge in [0.2, 0.25) is 0 Å². The van der Waals surface area contributed by atoms with Crippen LogP contribution in [-0.2, 0) is 17.9 Å². The van der Waals surface area contributed by atoms with Crippen molar-refractivity contribution in [1.82, 2.24) is 5.32 Å². The molecular weight excluding hydrogens is 288 g/mol. The molecule has 1 aromatic carbocycles. The Hall–Kier alpha value is -2.05. The summed E-state index contributed by atoms with van der Waals surface area (Å²) in [6.45, 7) is 1.23. The molecule has 0 aliphatic carbocycles. The Morgan fingerprint density at radius 3 is 2.81 bits per heavy atom. The molecule has 0 saturated heterocycles. The van der Waals surface area contributed by atoms with Gasteiger partial charge in [0.25, 0.3) is 5.91 Å². The fourth-order valence-corrected chi connectivity index (χ4v) is 2.58. The normalized spacial score (nSPS) is 10.3. The summed E-state index contributed by atoms with van der Waals surface area (Å²) in [4.78, 5) is 12.2. The third kappa shape index (κ3) is 4.47. The number of amides is 1. The van der Waals surface area contributed by atoms with E-state index in [1.165, 1.54) is 4.88 Å². The van der Waals surface area contributed by atoms with Crippen LogP contribution in [0.3, 0.4) is 0 Å². The van der Waals surface area contributed by atoms with Gasteiger partial charge in [0.15, 0.2) is 18.1 Å². The topological polar surface area (TPSA) is 73.6 Å². The Morgan fingerprint density at radius 1 is 1.29 bits per heavy atom. The quantitative estimate of drug-likeness (QED) is 0.781. The number of primary amides is 1. The molecule has 2 aromatic rings. The Balaban J connectivity index is 2.04. The van der Waals surface area contributed by atoms with Crippen LogP contribution in [0.25, 0.3) is 0 Å². The molecule has 5 nitrogen and oxygen atoms in total. The van der Waals surface area contributed by atoms with Gasteiger partial charge in [-0.1, -0.05) is 18.2 Å². The molecule has 0 aliphatic rings. The number of nitrogens with two attached hydrogens (primary N) is 1. The van der Waals surface area contributed by atoms with E-state index < -0.39 is 5.91 Å². The zero-order chi connectivity index (χ0) is 15.1. The molecule has 1 heterocycles. The van der Waals surface area contributed by atoms with Gasteiger partial charge >= 0.3 is 0 Å². The lowest BCUT2D eigenvalue weighted by Gasteiger charge is -2.14. The van der Waals surface area contributed by atoms with E-state index >= 15 is 0 Å². The van der Waals surface area contributed by atoms with Gasteiger partial charge in [0.1, 0.15) is 0 Å². The Bertz CT molecular complexity index is 585. The maximum atomic E-state index is 10.9. The van der Waals surface area contributed by atoms with Gasteiger partial charge in [0, 0.05) is 23.5 Å². The first kappa shape index (κ1) is 15.3. The van der Waals surface area contributed by atoms with Crippen molar-refractivity contribution in [2.75, 3.05) is 13.7 Å². The van der Waals surface area contributed by atoms with Crippen molar-refractivity contribution >= 4 is 17.2 Å². The lowest BCUT2D eigenvalue weighted by atomic mass is 10.2. The first-order valence-electron chi connectivity index (χ1n) is 6.50. The summed E-state index contributed by atoms with van der Waals surface area (Å²) < 4.78 is 10.7. The number of ether oxygens (including phenoxy) is 2. The fourth-order valence-electron chi connectivity index (χ4n) is 1.90. The zero-order valence-electron chi connectivity index (χ0n) is 11.8. The number of benzene rings is 1. The van der Waals surface area contributed by atoms with E-state index in [0.29, 0.717) is 18.0 Å². The average molecular weight is 306 g/mol. The molecule has 1 aromatic heterocycles. The van der Waals surface area contributed by atoms with Crippen LogP contribution in [0.2, 0.25) is 0 Å². The second kappa shape index (κ2) is 7.66. The van der Waals surface area contributed by atoms with E-state index in [-0.39, 0.29) is 6.61 Å². The van der Waals surface area contributed by atoms with Gasteiger partial charge in [-0.05, 0) is 17.5 Å². The first-order chi connectivity index (χ1) is 10.2. The highest BCUT2D eigenvalue weighted by Crippen LogP contribution is 2.31. The van der Waals surface area contributed by atoms with Crippen LogP contribution in [0.4, 0.5) is 0 Å². The summed E-state index contributed by atoms with van der Waals surface area (Å²) in [5.74, 6) is 0.627. The zero-order valence-corrected chi connectivity index (χ0v) is 12.6. The van der Waals surface area contributed by atoms with E-state index in [4.69, 9.17) is 15.2 Å². The molecule has 0 radical (unpaired) electrons. The van der Waals surface area contributed by atoms with E-state index in [1.54, 1.807) is 24.5 Å². The summed E-state index contributed by atoms with van der Waals surface area (Å²) in [5, 5.41) is 5.39. The summed E-state index contributed by atoms with van der Waals surface area (Å²) in [5.41, 5.74) is 6.05. The molecule has 0 fully saturated rings. The molecule has 1 amide bonds. The van der Waals surface area contributed by atoms with E-state index in [2.05, 4.69) is 11.4 Å². The molecule has 0 aliphatic heterocycles. The Morgan fingerprint density at radius 2 is 2.14 bits per heavy atom. The number of carbonyl (C=O) groups excluding carboxylic acids is 1. The summed E-state index contributed by atoms with van der Waals surface area (Å²) in [6.07, 6.45) is 0. The summed E-state index contributed by atoms with van der Waals surface area (Å²) in [6, 6.07) is 9.71. The van der Waals surface area contributed by atoms with E-state index in [9.17, 15) is 4.79 Å². The molecule has 21 heavy (non-hydrogen) atoms. The van der Waals surface area contributed by atoms with Gasteiger partial charge in [-0.25, -0.2) is 0 Å². The standard InChI is InChI=1S/C15H18N2O3S/c1-19-13-6-2-4-11(15(13)20-10-14(16)18)8-17-9-12-5-3-7-21-12/h2-7,17H,8-10H2,1H3,(H2,16,18). The first-order valence-corrected chi connectivity index (χ1v) is 7.38. The molecule has 6 heteroatoms. The molecular formula is C15H18N2O3S. The van der Waals surface area contributed by atoms with E-state index in [0.717, 1.165) is 12.1 Å². The number of hydrogen-bond donors (Lipinski definition) is 2. The lowest BCUT2D eigenvalue weighted by Crippen LogP contribution is -2.21. The smallest absolute Gasteiger partial charge is 0.255 e. The summed E-state index contributed by atoms with van der Waals surface area (Å²) in [7, 11) is 1.56. The van der Waals surface area contributed by atoms with Crippen LogP contribution >= 0.6 is 11.3 Å². The molecule has 0 saturated carbocycles. The lowest BCUT2D eigenvalue weighted by molar-refractivity contribution is -0.119. The Kier molecular flexibility index (Phi) is 5.59. The molecule has 2 rings (SSSR count). The number of hydrogen-bond acceptors (Lipinski definition) is 5. The second-order valence-electron chi connectivity index (χ2n) is 4.39. The predicted octanol–water partition coefficient (Wildman–Crippen LogP) is 1.91. The highest BCUT2D eigenvalue weighted by molar-refractivity contribution is 7.09. The fraction of sp³-hybridized carbons (Fsp3) is 0.267. The second-order valence-corrected chi connectivity index (χ2v) is 5.42. The number of rotatable bonds is 8. The average Bonchev–Trinajstić information content (AvgIpc) is 2.98. The van der Waals surface area contributed by atoms with Crippen LogP contribution in [-0.4, -0.2) is 19.6 Å². The highest BCUT2D eigenvalue weighted by Gasteiger charge is 2.11. The third-order valence-corrected chi connectivity index (χ3v) is 3.71. The van der Waals surface area contributed by atoms with Crippen LogP contribution in [0.5, 0.6) is 11.5 Å². The monoisotopic (exact) mass is 306 g/mol. The third-order valence-electron chi connectivity index (χ3n) is 2.83. The predicted molar refractivity (Wildman–Crippen MR) is 82.5 cm³/mol.